The zero-order valence-electron chi connectivity index (χ0n) is 22.6. The van der Waals surface area contributed by atoms with Crippen LogP contribution in [0.3, 0.4) is 0 Å². The van der Waals surface area contributed by atoms with E-state index in [0.717, 1.165) is 24.1 Å². The Kier molecular flexibility index (Phi) is 8.65. The molecule has 1 saturated heterocycles. The summed E-state index contributed by atoms with van der Waals surface area (Å²) in [5.74, 6) is -6.57. The van der Waals surface area contributed by atoms with Crippen molar-refractivity contribution in [2.75, 3.05) is 13.8 Å². The lowest BCUT2D eigenvalue weighted by molar-refractivity contribution is -0.156. The summed E-state index contributed by atoms with van der Waals surface area (Å²) < 4.78 is 57.3. The number of hydrogen-bond acceptors (Lipinski definition) is 8. The second-order valence-corrected chi connectivity index (χ2v) is 12.5. The number of ketones is 1. The number of imide groups is 1. The Morgan fingerprint density at radius 3 is 2.48 bits per heavy atom. The van der Waals surface area contributed by atoms with Crippen molar-refractivity contribution in [2.45, 2.75) is 63.1 Å². The molecule has 2 atom stereocenters. The highest BCUT2D eigenvalue weighted by Crippen LogP contribution is 2.53. The number of aryl methyl sites for hydroxylation is 1. The van der Waals surface area contributed by atoms with Gasteiger partial charge in [0, 0.05) is 42.6 Å². The summed E-state index contributed by atoms with van der Waals surface area (Å²) in [6.07, 6.45) is 0.775. The highest BCUT2D eigenvalue weighted by atomic mass is 35.5. The van der Waals surface area contributed by atoms with Gasteiger partial charge in [-0.3, -0.25) is 37.6 Å². The van der Waals surface area contributed by atoms with Crippen LogP contribution >= 0.6 is 19.4 Å². The minimum absolute atomic E-state index is 0.0218. The van der Waals surface area contributed by atoms with E-state index >= 15 is 0 Å². The van der Waals surface area contributed by atoms with Crippen molar-refractivity contribution in [3.8, 4) is 0 Å². The van der Waals surface area contributed by atoms with Gasteiger partial charge in [0.1, 0.15) is 12.8 Å². The monoisotopic (exact) mass is 624 g/mol. The predicted molar refractivity (Wildman–Crippen MR) is 145 cm³/mol. The molecule has 5 rings (SSSR count). The second-order valence-electron chi connectivity index (χ2n) is 10.3. The number of likely N-dealkylation sites (tertiary alicyclic amines) is 1. The van der Waals surface area contributed by atoms with Crippen molar-refractivity contribution >= 4 is 42.9 Å². The van der Waals surface area contributed by atoms with Crippen LogP contribution in [0.1, 0.15) is 59.2 Å². The third-order valence-corrected chi connectivity index (χ3v) is 9.12. The first kappa shape index (κ1) is 30.4. The van der Waals surface area contributed by atoms with Gasteiger partial charge in [-0.2, -0.15) is 8.78 Å². The van der Waals surface area contributed by atoms with Gasteiger partial charge in [-0.15, -0.1) is 0 Å². The summed E-state index contributed by atoms with van der Waals surface area (Å²) in [5.41, 5.74) is 1.05. The molecule has 14 heteroatoms. The number of rotatable bonds is 12. The van der Waals surface area contributed by atoms with E-state index in [2.05, 4.69) is 0 Å². The Balaban J connectivity index is 1.22. The van der Waals surface area contributed by atoms with Gasteiger partial charge in [0.2, 0.25) is 11.7 Å². The molecule has 2 heterocycles. The number of nitrogens with zero attached hydrogens (tertiary/aromatic N) is 2. The summed E-state index contributed by atoms with van der Waals surface area (Å²) in [7, 11) is -2.83. The van der Waals surface area contributed by atoms with Crippen LogP contribution in [0.5, 0.6) is 0 Å². The molecule has 1 aliphatic carbocycles. The quantitative estimate of drug-likeness (QED) is 0.239. The Labute approximate surface area is 245 Å². The minimum atomic E-state index is -3.97. The normalized spacial score (nSPS) is 20.6. The molecular formula is C28H28ClF2N2O8P. The molecule has 2 aromatic rings. The topological polar surface area (TPSA) is 120 Å². The summed E-state index contributed by atoms with van der Waals surface area (Å²) >= 11 is 5.76. The number of amides is 3. The molecule has 2 aliphatic heterocycles. The van der Waals surface area contributed by atoms with Crippen molar-refractivity contribution in [3.63, 3.8) is 0 Å². The highest BCUT2D eigenvalue weighted by molar-refractivity contribution is 7.48. The van der Waals surface area contributed by atoms with Crippen molar-refractivity contribution in [1.82, 2.24) is 9.80 Å². The SMILES string of the molecule is COP(=O)(OCN1C(=O)CCC(N2Cc3cc(CCC(=O)C(F)(F)c4ccc(Cl)cc4)ccc3C2=O)C1=O)OC1CC1. The number of halogens is 3. The van der Waals surface area contributed by atoms with E-state index in [1.54, 1.807) is 12.1 Å². The van der Waals surface area contributed by atoms with Crippen LogP contribution in [-0.2, 0) is 51.4 Å². The van der Waals surface area contributed by atoms with E-state index in [1.165, 1.54) is 23.1 Å². The van der Waals surface area contributed by atoms with Crippen molar-refractivity contribution in [1.29, 1.82) is 0 Å². The number of carbonyl (C=O) groups is 4. The molecule has 0 bridgehead atoms. The number of hydrogen-bond donors (Lipinski definition) is 0. The van der Waals surface area contributed by atoms with Gasteiger partial charge < -0.3 is 4.90 Å². The van der Waals surface area contributed by atoms with Crippen LogP contribution in [0, 0.1) is 0 Å². The maximum atomic E-state index is 14.7. The lowest BCUT2D eigenvalue weighted by Crippen LogP contribution is -2.55. The summed E-state index contributed by atoms with van der Waals surface area (Å²) in [5, 5.41) is 0.279. The Morgan fingerprint density at radius 1 is 1.10 bits per heavy atom. The van der Waals surface area contributed by atoms with Crippen LogP contribution in [-0.4, -0.2) is 59.3 Å². The van der Waals surface area contributed by atoms with E-state index in [1.807, 2.05) is 0 Å². The number of carbonyl (C=O) groups excluding carboxylic acids is 4. The summed E-state index contributed by atoms with van der Waals surface area (Å²) in [6.45, 7) is -0.600. The van der Waals surface area contributed by atoms with E-state index in [4.69, 9.17) is 25.2 Å². The first-order chi connectivity index (χ1) is 19.9. The number of benzene rings is 2. The molecule has 0 spiro atoms. The number of fused-ring (bicyclic) bond motifs is 1. The van der Waals surface area contributed by atoms with E-state index in [9.17, 15) is 32.5 Å². The Morgan fingerprint density at radius 2 is 1.81 bits per heavy atom. The zero-order chi connectivity index (χ0) is 30.2. The fraction of sp³-hybridized carbons (Fsp3) is 0.429. The largest absolute Gasteiger partial charge is 0.476 e. The molecule has 2 fully saturated rings. The average Bonchev–Trinajstić information content (AvgIpc) is 3.72. The van der Waals surface area contributed by atoms with E-state index in [-0.39, 0.29) is 36.9 Å². The van der Waals surface area contributed by atoms with Gasteiger partial charge in [-0.05, 0) is 55.0 Å². The highest BCUT2D eigenvalue weighted by Gasteiger charge is 2.44. The van der Waals surface area contributed by atoms with E-state index in [0.29, 0.717) is 29.5 Å². The summed E-state index contributed by atoms with van der Waals surface area (Å²) in [6, 6.07) is 8.62. The molecule has 0 radical (unpaired) electrons. The van der Waals surface area contributed by atoms with Gasteiger partial charge in [0.05, 0.1) is 6.10 Å². The standard InChI is InChI=1S/C28H28ClF2N2O8P/c1-39-42(38,41-21-8-9-21)40-16-33-25(35)13-11-23(27(33)37)32-15-18-14-17(2-10-22(18)26(32)36)3-12-24(34)28(30,31)19-4-6-20(29)7-5-19/h2,4-7,10,14,21,23H,3,8-9,11-13,15-16H2,1H3. The molecule has 10 nitrogen and oxygen atoms in total. The van der Waals surface area contributed by atoms with Gasteiger partial charge in [-0.25, -0.2) is 4.57 Å². The first-order valence-electron chi connectivity index (χ1n) is 13.3. The fourth-order valence-corrected chi connectivity index (χ4v) is 6.11. The Hall–Kier alpha value is -3.02. The third kappa shape index (κ3) is 6.33. The van der Waals surface area contributed by atoms with Crippen LogP contribution in [0.4, 0.5) is 8.78 Å². The maximum absolute atomic E-state index is 14.7. The van der Waals surface area contributed by atoms with Gasteiger partial charge in [0.15, 0.2) is 0 Å². The van der Waals surface area contributed by atoms with Crippen molar-refractivity contribution < 1.29 is 46.1 Å². The lowest BCUT2D eigenvalue weighted by Gasteiger charge is -2.35. The van der Waals surface area contributed by atoms with Crippen LogP contribution in [0.15, 0.2) is 42.5 Å². The van der Waals surface area contributed by atoms with Gasteiger partial charge in [-0.1, -0.05) is 35.9 Å². The molecule has 2 aromatic carbocycles. The van der Waals surface area contributed by atoms with Crippen LogP contribution < -0.4 is 0 Å². The number of alkyl halides is 2. The van der Waals surface area contributed by atoms with Crippen molar-refractivity contribution in [2.24, 2.45) is 0 Å². The second kappa shape index (κ2) is 11.9. The average molecular weight is 625 g/mol. The number of phosphoric ester groups is 1. The number of Topliss-reactive ketones (excluding diaryl/α,β-unsaturated/α-hetero) is 1. The molecule has 224 valence electrons. The van der Waals surface area contributed by atoms with E-state index < -0.39 is 62.0 Å². The molecule has 42 heavy (non-hydrogen) atoms. The minimum Gasteiger partial charge on any atom is -0.322 e. The molecular weight excluding hydrogens is 597 g/mol. The molecule has 3 amide bonds. The predicted octanol–water partition coefficient (Wildman–Crippen LogP) is 5.01. The third-order valence-electron chi connectivity index (χ3n) is 7.43. The molecule has 2 unspecified atom stereocenters. The first-order valence-corrected chi connectivity index (χ1v) is 15.2. The van der Waals surface area contributed by atoms with Gasteiger partial charge in [0.25, 0.3) is 11.8 Å². The van der Waals surface area contributed by atoms with Gasteiger partial charge >= 0.3 is 13.7 Å². The number of phosphoric acid groups is 1. The molecule has 0 aromatic heterocycles. The fourth-order valence-electron chi connectivity index (χ4n) is 4.90. The molecule has 3 aliphatic rings. The zero-order valence-corrected chi connectivity index (χ0v) is 24.2. The molecule has 1 saturated carbocycles. The van der Waals surface area contributed by atoms with Crippen LogP contribution in [0.2, 0.25) is 5.02 Å². The smallest absolute Gasteiger partial charge is 0.322 e. The lowest BCUT2D eigenvalue weighted by atomic mass is 9.97. The summed E-state index contributed by atoms with van der Waals surface area (Å²) in [4.78, 5) is 53.5. The van der Waals surface area contributed by atoms with Crippen LogP contribution in [0.25, 0.3) is 0 Å². The number of piperidine rings is 1. The Bertz CT molecular complexity index is 1470. The molecule has 0 N–H and O–H groups in total. The maximum Gasteiger partial charge on any atom is 0.476 e. The van der Waals surface area contributed by atoms with Crippen molar-refractivity contribution in [3.05, 3.63) is 69.7 Å².